The smallest absolute Gasteiger partial charge is 0.262 e. The molecule has 1 unspecified atom stereocenters. The molecule has 6 heteroatoms. The number of thiazole rings is 1. The lowest BCUT2D eigenvalue weighted by atomic mass is 10.5. The maximum Gasteiger partial charge on any atom is 0.262 e. The molecule has 0 aliphatic heterocycles. The van der Waals surface area contributed by atoms with Gasteiger partial charge in [0.25, 0.3) is 5.91 Å². The topological polar surface area (TPSA) is 59.1 Å². The van der Waals surface area contributed by atoms with Crippen molar-refractivity contribution in [2.24, 2.45) is 0 Å². The Balaban J connectivity index is 2.86. The monoisotopic (exact) mass is 218 g/mol. The molecule has 0 spiro atoms. The zero-order valence-corrected chi connectivity index (χ0v) is 9.00. The summed E-state index contributed by atoms with van der Waals surface area (Å²) in [7, 11) is 0.493. The van der Waals surface area contributed by atoms with Crippen LogP contribution in [-0.4, -0.2) is 27.9 Å². The highest BCUT2D eigenvalue weighted by Crippen LogP contribution is 2.16. The Labute approximate surface area is 82.8 Å². The molecule has 1 heterocycles. The number of carbonyl (C=O) groups is 1. The predicted octanol–water partition coefficient (Wildman–Crippen LogP) is 0.630. The molecule has 0 aromatic carbocycles. The van der Waals surface area contributed by atoms with E-state index in [1.54, 1.807) is 7.05 Å². The molecule has 0 radical (unpaired) electrons. The highest BCUT2D eigenvalue weighted by atomic mass is 32.2. The molecule has 1 aromatic rings. The molecule has 0 aliphatic rings. The van der Waals surface area contributed by atoms with E-state index in [-0.39, 0.29) is 5.91 Å². The second-order valence-electron chi connectivity index (χ2n) is 2.20. The van der Waals surface area contributed by atoms with Crippen LogP contribution in [0.1, 0.15) is 16.6 Å². The normalized spacial score (nSPS) is 12.5. The standard InChI is InChI=1S/C7H10N2O2S2/c1-3-13(11)7-9-4-5(12-7)6(10)8-2/h4H,3H2,1-2H3,(H,8,10). The summed E-state index contributed by atoms with van der Waals surface area (Å²) in [6.07, 6.45) is 1.45. The number of carbonyl (C=O) groups excluding carboxylic acids is 1. The Bertz CT molecular complexity index is 304. The van der Waals surface area contributed by atoms with E-state index in [1.165, 1.54) is 17.5 Å². The van der Waals surface area contributed by atoms with Crippen LogP contribution in [0.3, 0.4) is 0 Å². The van der Waals surface area contributed by atoms with E-state index in [1.807, 2.05) is 6.92 Å². The van der Waals surface area contributed by atoms with E-state index in [4.69, 9.17) is 0 Å². The quantitative estimate of drug-likeness (QED) is 0.809. The van der Waals surface area contributed by atoms with E-state index in [0.29, 0.717) is 15.0 Å². The first-order valence-electron chi connectivity index (χ1n) is 3.75. The summed E-state index contributed by atoms with van der Waals surface area (Å²) in [5.74, 6) is 0.345. The molecule has 0 saturated heterocycles. The molecule has 1 rings (SSSR count). The van der Waals surface area contributed by atoms with Crippen LogP contribution in [0.2, 0.25) is 0 Å². The van der Waals surface area contributed by atoms with Gasteiger partial charge in [-0.1, -0.05) is 6.92 Å². The minimum absolute atomic E-state index is 0.183. The van der Waals surface area contributed by atoms with Gasteiger partial charge in [-0.05, 0) is 0 Å². The van der Waals surface area contributed by atoms with Gasteiger partial charge in [-0.15, -0.1) is 11.3 Å². The molecule has 0 aliphatic carbocycles. The van der Waals surface area contributed by atoms with Crippen LogP contribution in [0.15, 0.2) is 10.5 Å². The molecule has 72 valence electrons. The number of aromatic nitrogens is 1. The van der Waals surface area contributed by atoms with Gasteiger partial charge in [-0.2, -0.15) is 0 Å². The van der Waals surface area contributed by atoms with Crippen molar-refractivity contribution in [3.8, 4) is 0 Å². The summed E-state index contributed by atoms with van der Waals surface area (Å²) in [4.78, 5) is 15.5. The predicted molar refractivity (Wildman–Crippen MR) is 52.5 cm³/mol. The molecule has 1 aromatic heterocycles. The second-order valence-corrected chi connectivity index (χ2v) is 5.15. The number of amides is 1. The van der Waals surface area contributed by atoms with Crippen LogP contribution in [0.4, 0.5) is 0 Å². The molecule has 1 N–H and O–H groups in total. The number of nitrogens with one attached hydrogen (secondary N) is 1. The first-order chi connectivity index (χ1) is 6.19. The Kier molecular flexibility index (Phi) is 3.56. The molecule has 0 bridgehead atoms. The lowest BCUT2D eigenvalue weighted by molar-refractivity contribution is 0.0967. The van der Waals surface area contributed by atoms with Crippen molar-refractivity contribution < 1.29 is 9.00 Å². The van der Waals surface area contributed by atoms with Gasteiger partial charge in [0.15, 0.2) is 4.34 Å². The highest BCUT2D eigenvalue weighted by Gasteiger charge is 2.11. The van der Waals surface area contributed by atoms with Crippen molar-refractivity contribution >= 4 is 28.0 Å². The van der Waals surface area contributed by atoms with Gasteiger partial charge >= 0.3 is 0 Å². The fraction of sp³-hybridized carbons (Fsp3) is 0.429. The van der Waals surface area contributed by atoms with Gasteiger partial charge in [-0.3, -0.25) is 9.00 Å². The molecular formula is C7H10N2O2S2. The van der Waals surface area contributed by atoms with Crippen LogP contribution in [0, 0.1) is 0 Å². The summed E-state index contributed by atoms with van der Waals surface area (Å²) >= 11 is 1.17. The average molecular weight is 218 g/mol. The Hall–Kier alpha value is -0.750. The Morgan fingerprint density at radius 1 is 1.77 bits per heavy atom. The third-order valence-electron chi connectivity index (χ3n) is 1.39. The number of rotatable bonds is 3. The maximum atomic E-state index is 11.3. The van der Waals surface area contributed by atoms with Gasteiger partial charge in [0, 0.05) is 12.8 Å². The van der Waals surface area contributed by atoms with Gasteiger partial charge < -0.3 is 5.32 Å². The lowest BCUT2D eigenvalue weighted by Crippen LogP contribution is -2.16. The molecular weight excluding hydrogens is 208 g/mol. The van der Waals surface area contributed by atoms with Crippen LogP contribution in [0.5, 0.6) is 0 Å². The van der Waals surface area contributed by atoms with Crippen molar-refractivity contribution in [3.63, 3.8) is 0 Å². The Morgan fingerprint density at radius 2 is 2.46 bits per heavy atom. The molecule has 1 atom stereocenters. The lowest BCUT2D eigenvalue weighted by Gasteiger charge is -1.91. The van der Waals surface area contributed by atoms with E-state index < -0.39 is 10.8 Å². The fourth-order valence-electron chi connectivity index (χ4n) is 0.715. The van der Waals surface area contributed by atoms with E-state index in [0.717, 1.165) is 0 Å². The van der Waals surface area contributed by atoms with Gasteiger partial charge in [0.05, 0.1) is 17.0 Å². The minimum atomic E-state index is -1.06. The van der Waals surface area contributed by atoms with Crippen LogP contribution >= 0.6 is 11.3 Å². The van der Waals surface area contributed by atoms with Crippen LogP contribution in [0.25, 0.3) is 0 Å². The van der Waals surface area contributed by atoms with Crippen LogP contribution < -0.4 is 5.32 Å². The fourth-order valence-corrected chi connectivity index (χ4v) is 2.72. The van der Waals surface area contributed by atoms with Crippen molar-refractivity contribution in [2.75, 3.05) is 12.8 Å². The second kappa shape index (κ2) is 4.48. The summed E-state index contributed by atoms with van der Waals surface area (Å²) in [6, 6.07) is 0. The van der Waals surface area contributed by atoms with E-state index in [9.17, 15) is 9.00 Å². The first kappa shape index (κ1) is 10.3. The Morgan fingerprint density at radius 3 is 3.00 bits per heavy atom. The average Bonchev–Trinajstić information content (AvgIpc) is 2.64. The van der Waals surface area contributed by atoms with Crippen molar-refractivity contribution in [2.45, 2.75) is 11.3 Å². The minimum Gasteiger partial charge on any atom is -0.354 e. The summed E-state index contributed by atoms with van der Waals surface area (Å²) < 4.78 is 11.8. The summed E-state index contributed by atoms with van der Waals surface area (Å²) in [5.41, 5.74) is 0. The first-order valence-corrected chi connectivity index (χ1v) is 5.88. The van der Waals surface area contributed by atoms with Crippen molar-refractivity contribution in [1.82, 2.24) is 10.3 Å². The molecule has 4 nitrogen and oxygen atoms in total. The number of hydrogen-bond donors (Lipinski definition) is 1. The molecule has 0 saturated carbocycles. The van der Waals surface area contributed by atoms with Gasteiger partial charge in [0.1, 0.15) is 4.88 Å². The number of nitrogens with zero attached hydrogens (tertiary/aromatic N) is 1. The third kappa shape index (κ3) is 2.35. The highest BCUT2D eigenvalue weighted by molar-refractivity contribution is 7.87. The SMILES string of the molecule is CCS(=O)c1ncc(C(=O)NC)s1. The molecule has 1 amide bonds. The summed E-state index contributed by atoms with van der Waals surface area (Å²) in [5, 5.41) is 2.48. The van der Waals surface area contributed by atoms with Crippen molar-refractivity contribution in [1.29, 1.82) is 0 Å². The largest absolute Gasteiger partial charge is 0.354 e. The maximum absolute atomic E-state index is 11.3. The zero-order chi connectivity index (χ0) is 9.84. The van der Waals surface area contributed by atoms with Gasteiger partial charge in [0.2, 0.25) is 0 Å². The van der Waals surface area contributed by atoms with Crippen molar-refractivity contribution in [3.05, 3.63) is 11.1 Å². The van der Waals surface area contributed by atoms with Gasteiger partial charge in [-0.25, -0.2) is 4.98 Å². The zero-order valence-electron chi connectivity index (χ0n) is 7.36. The van der Waals surface area contributed by atoms with Crippen LogP contribution in [-0.2, 0) is 10.8 Å². The molecule has 13 heavy (non-hydrogen) atoms. The molecule has 0 fully saturated rings. The number of hydrogen-bond acceptors (Lipinski definition) is 4. The van der Waals surface area contributed by atoms with E-state index in [2.05, 4.69) is 10.3 Å². The van der Waals surface area contributed by atoms with E-state index >= 15 is 0 Å². The summed E-state index contributed by atoms with van der Waals surface area (Å²) in [6.45, 7) is 1.82. The third-order valence-corrected chi connectivity index (χ3v) is 4.01.